The normalized spacial score (nSPS) is 15.7. The van der Waals surface area contributed by atoms with Crippen molar-refractivity contribution in [2.75, 3.05) is 6.54 Å². The second-order valence-electron chi connectivity index (χ2n) is 6.65. The van der Waals surface area contributed by atoms with Crippen molar-refractivity contribution in [3.05, 3.63) is 52.4 Å². The number of benzene rings is 1. The molecular weight excluding hydrogens is 352 g/mol. The minimum atomic E-state index is -0.568. The third-order valence-electron chi connectivity index (χ3n) is 4.90. The van der Waals surface area contributed by atoms with E-state index in [-0.39, 0.29) is 5.91 Å². The van der Waals surface area contributed by atoms with Gasteiger partial charge in [-0.25, -0.2) is 0 Å². The Morgan fingerprint density at radius 3 is 2.96 bits per heavy atom. The molecular formula is C19H21ClN4O2. The molecule has 0 aliphatic carbocycles. The van der Waals surface area contributed by atoms with Gasteiger partial charge in [0.1, 0.15) is 5.69 Å². The average Bonchev–Trinajstić information content (AvgIpc) is 3.15. The van der Waals surface area contributed by atoms with Crippen LogP contribution in [0.2, 0.25) is 5.02 Å². The highest BCUT2D eigenvalue weighted by atomic mass is 35.5. The molecule has 2 aromatic heterocycles. The Labute approximate surface area is 156 Å². The van der Waals surface area contributed by atoms with E-state index >= 15 is 0 Å². The predicted molar refractivity (Wildman–Crippen MR) is 100 cm³/mol. The lowest BCUT2D eigenvalue weighted by Gasteiger charge is -2.19. The maximum absolute atomic E-state index is 13.1. The molecule has 4 rings (SSSR count). The standard InChI is InChI=1S/C19H21ClN4O2/c1-2-16(25)15-10-12-11-23(8-5-9-24(12)22-15)19(26)18-17(20)13-6-3-4-7-14(13)21-18/h3-4,6-7,10,16,21,25H,2,5,8-9,11H2,1H3/t16-/m1/s1. The lowest BCUT2D eigenvalue weighted by molar-refractivity contribution is 0.0741. The second kappa shape index (κ2) is 6.78. The molecule has 1 aliphatic rings. The van der Waals surface area contributed by atoms with Gasteiger partial charge < -0.3 is 15.0 Å². The van der Waals surface area contributed by atoms with Crippen molar-refractivity contribution >= 4 is 28.4 Å². The molecule has 0 saturated heterocycles. The van der Waals surface area contributed by atoms with Crippen molar-refractivity contribution in [3.8, 4) is 0 Å². The van der Waals surface area contributed by atoms with Gasteiger partial charge in [0.15, 0.2) is 0 Å². The quantitative estimate of drug-likeness (QED) is 0.738. The van der Waals surface area contributed by atoms with Crippen LogP contribution < -0.4 is 0 Å². The van der Waals surface area contributed by atoms with Crippen LogP contribution in [-0.2, 0) is 13.1 Å². The van der Waals surface area contributed by atoms with Gasteiger partial charge in [0.05, 0.1) is 29.1 Å². The molecule has 0 fully saturated rings. The Balaban J connectivity index is 1.63. The molecule has 3 heterocycles. The number of aromatic nitrogens is 3. The number of nitrogens with zero attached hydrogens (tertiary/aromatic N) is 3. The average molecular weight is 373 g/mol. The number of aromatic amines is 1. The summed E-state index contributed by atoms with van der Waals surface area (Å²) in [6.45, 7) is 3.74. The molecule has 0 saturated carbocycles. The monoisotopic (exact) mass is 372 g/mol. The maximum atomic E-state index is 13.1. The fourth-order valence-corrected chi connectivity index (χ4v) is 3.74. The SMILES string of the molecule is CC[C@@H](O)c1cc2n(n1)CCCN(C(=O)c1[nH]c3ccccc3c1Cl)C2. The summed E-state index contributed by atoms with van der Waals surface area (Å²) < 4.78 is 1.90. The smallest absolute Gasteiger partial charge is 0.272 e. The number of amides is 1. The Morgan fingerprint density at radius 2 is 2.19 bits per heavy atom. The number of H-pyrrole nitrogens is 1. The van der Waals surface area contributed by atoms with Gasteiger partial charge in [-0.05, 0) is 25.0 Å². The first-order chi connectivity index (χ1) is 12.6. The van der Waals surface area contributed by atoms with Gasteiger partial charge in [-0.15, -0.1) is 0 Å². The first-order valence-corrected chi connectivity index (χ1v) is 9.26. The number of aliphatic hydroxyl groups excluding tert-OH is 1. The predicted octanol–water partition coefficient (Wildman–Crippen LogP) is 3.51. The zero-order chi connectivity index (χ0) is 18.3. The number of hydrogen-bond donors (Lipinski definition) is 2. The van der Waals surface area contributed by atoms with Gasteiger partial charge in [-0.2, -0.15) is 5.10 Å². The van der Waals surface area contributed by atoms with Crippen molar-refractivity contribution in [3.63, 3.8) is 0 Å². The number of hydrogen-bond acceptors (Lipinski definition) is 3. The number of aliphatic hydroxyl groups is 1. The molecule has 0 spiro atoms. The molecule has 2 N–H and O–H groups in total. The maximum Gasteiger partial charge on any atom is 0.272 e. The second-order valence-corrected chi connectivity index (χ2v) is 7.03. The van der Waals surface area contributed by atoms with Crippen molar-refractivity contribution in [2.45, 2.75) is 39.0 Å². The topological polar surface area (TPSA) is 74.2 Å². The molecule has 136 valence electrons. The summed E-state index contributed by atoms with van der Waals surface area (Å²) in [5, 5.41) is 15.9. The van der Waals surface area contributed by atoms with Crippen molar-refractivity contribution < 1.29 is 9.90 Å². The number of para-hydroxylation sites is 1. The van der Waals surface area contributed by atoms with E-state index in [4.69, 9.17) is 11.6 Å². The summed E-state index contributed by atoms with van der Waals surface area (Å²) in [7, 11) is 0. The van der Waals surface area contributed by atoms with Crippen LogP contribution in [0.4, 0.5) is 0 Å². The number of aryl methyl sites for hydroxylation is 1. The zero-order valence-corrected chi connectivity index (χ0v) is 15.3. The van der Waals surface area contributed by atoms with Crippen LogP contribution in [0.25, 0.3) is 10.9 Å². The number of nitrogens with one attached hydrogen (secondary N) is 1. The van der Waals surface area contributed by atoms with Gasteiger partial charge in [0.2, 0.25) is 0 Å². The molecule has 3 aromatic rings. The Hall–Kier alpha value is -2.31. The van der Waals surface area contributed by atoms with Crippen LogP contribution >= 0.6 is 11.6 Å². The van der Waals surface area contributed by atoms with Crippen molar-refractivity contribution in [1.29, 1.82) is 0 Å². The number of carbonyl (C=O) groups excluding carboxylic acids is 1. The fourth-order valence-electron chi connectivity index (χ4n) is 3.44. The molecule has 0 bridgehead atoms. The van der Waals surface area contributed by atoms with E-state index < -0.39 is 6.10 Å². The molecule has 1 amide bonds. The number of fused-ring (bicyclic) bond motifs is 2. The third kappa shape index (κ3) is 2.89. The van der Waals surface area contributed by atoms with Gasteiger partial charge in [-0.1, -0.05) is 36.7 Å². The summed E-state index contributed by atoms with van der Waals surface area (Å²) >= 11 is 6.45. The highest BCUT2D eigenvalue weighted by Crippen LogP contribution is 2.29. The van der Waals surface area contributed by atoms with E-state index in [0.29, 0.717) is 35.9 Å². The van der Waals surface area contributed by atoms with Gasteiger partial charge in [0, 0.05) is 24.0 Å². The van der Waals surface area contributed by atoms with E-state index in [2.05, 4.69) is 10.1 Å². The van der Waals surface area contributed by atoms with Crippen LogP contribution in [0.3, 0.4) is 0 Å². The highest BCUT2D eigenvalue weighted by molar-refractivity contribution is 6.38. The molecule has 7 heteroatoms. The summed E-state index contributed by atoms with van der Waals surface area (Å²) in [4.78, 5) is 18.0. The molecule has 0 unspecified atom stereocenters. The lowest BCUT2D eigenvalue weighted by Crippen LogP contribution is -2.31. The first-order valence-electron chi connectivity index (χ1n) is 8.88. The van der Waals surface area contributed by atoms with Crippen molar-refractivity contribution in [2.24, 2.45) is 0 Å². The minimum Gasteiger partial charge on any atom is -0.387 e. The fraction of sp³-hybridized carbons (Fsp3) is 0.368. The van der Waals surface area contributed by atoms with Crippen LogP contribution in [0.15, 0.2) is 30.3 Å². The van der Waals surface area contributed by atoms with E-state index in [9.17, 15) is 9.90 Å². The molecule has 1 aliphatic heterocycles. The van der Waals surface area contributed by atoms with Crippen molar-refractivity contribution in [1.82, 2.24) is 19.7 Å². The van der Waals surface area contributed by atoms with E-state index in [1.165, 1.54) is 0 Å². The molecule has 1 atom stereocenters. The summed E-state index contributed by atoms with van der Waals surface area (Å²) in [6, 6.07) is 9.52. The number of rotatable bonds is 3. The largest absolute Gasteiger partial charge is 0.387 e. The zero-order valence-electron chi connectivity index (χ0n) is 14.6. The van der Waals surface area contributed by atoms with Crippen LogP contribution in [0, 0.1) is 0 Å². The lowest BCUT2D eigenvalue weighted by atomic mass is 10.2. The Bertz CT molecular complexity index is 962. The first kappa shape index (κ1) is 17.1. The summed E-state index contributed by atoms with van der Waals surface area (Å²) in [5.74, 6) is -0.113. The van der Waals surface area contributed by atoms with Gasteiger partial charge in [0.25, 0.3) is 5.91 Å². The van der Waals surface area contributed by atoms with E-state index in [1.807, 2.05) is 41.9 Å². The van der Waals surface area contributed by atoms with Crippen LogP contribution in [0.5, 0.6) is 0 Å². The van der Waals surface area contributed by atoms with Gasteiger partial charge >= 0.3 is 0 Å². The number of halogens is 1. The summed E-state index contributed by atoms with van der Waals surface area (Å²) in [5.41, 5.74) is 2.88. The third-order valence-corrected chi connectivity index (χ3v) is 5.30. The van der Waals surface area contributed by atoms with E-state index in [1.54, 1.807) is 4.90 Å². The highest BCUT2D eigenvalue weighted by Gasteiger charge is 2.26. The summed E-state index contributed by atoms with van der Waals surface area (Å²) in [6.07, 6.45) is 0.852. The van der Waals surface area contributed by atoms with Crippen LogP contribution in [0.1, 0.15) is 47.7 Å². The minimum absolute atomic E-state index is 0.113. The van der Waals surface area contributed by atoms with Crippen LogP contribution in [-0.4, -0.2) is 37.2 Å². The van der Waals surface area contributed by atoms with E-state index in [0.717, 1.165) is 29.6 Å². The Kier molecular flexibility index (Phi) is 4.46. The molecule has 6 nitrogen and oxygen atoms in total. The van der Waals surface area contributed by atoms with Gasteiger partial charge in [-0.3, -0.25) is 9.48 Å². The molecule has 26 heavy (non-hydrogen) atoms. The number of carbonyl (C=O) groups is 1. The molecule has 0 radical (unpaired) electrons. The molecule has 1 aromatic carbocycles. The Morgan fingerprint density at radius 1 is 1.38 bits per heavy atom.